The highest BCUT2D eigenvalue weighted by Gasteiger charge is 2.09. The van der Waals surface area contributed by atoms with E-state index in [4.69, 9.17) is 10.5 Å². The summed E-state index contributed by atoms with van der Waals surface area (Å²) in [5, 5.41) is 2.89. The summed E-state index contributed by atoms with van der Waals surface area (Å²) in [6.07, 6.45) is 0. The van der Waals surface area contributed by atoms with E-state index in [2.05, 4.69) is 15.0 Å². The fraction of sp³-hybridized carbons (Fsp3) is 0.235. The highest BCUT2D eigenvalue weighted by atomic mass is 127. The molecule has 0 aliphatic rings. The van der Waals surface area contributed by atoms with E-state index in [1.807, 2.05) is 48.5 Å². The summed E-state index contributed by atoms with van der Waals surface area (Å²) in [7, 11) is -1.85. The Morgan fingerprint density at radius 3 is 2.58 bits per heavy atom. The zero-order valence-corrected chi connectivity index (χ0v) is 17.5. The van der Waals surface area contributed by atoms with Crippen molar-refractivity contribution in [3.05, 3.63) is 60.2 Å². The molecule has 0 aliphatic heterocycles. The predicted octanol–water partition coefficient (Wildman–Crippen LogP) is 2.16. The first-order valence-electron chi connectivity index (χ1n) is 7.71. The molecular weight excluding hydrogens is 467 g/mol. The van der Waals surface area contributed by atoms with Crippen LogP contribution in [0.25, 0.3) is 0 Å². The molecule has 2 rings (SSSR count). The van der Waals surface area contributed by atoms with Crippen molar-refractivity contribution < 1.29 is 13.2 Å². The van der Waals surface area contributed by atoms with Gasteiger partial charge in [0.15, 0.2) is 5.96 Å². The largest absolute Gasteiger partial charge is 0.497 e. The Morgan fingerprint density at radius 2 is 1.88 bits per heavy atom. The average Bonchev–Trinajstić information content (AvgIpc) is 2.61. The van der Waals surface area contributed by atoms with E-state index in [1.165, 1.54) is 0 Å². The van der Waals surface area contributed by atoms with Crippen LogP contribution in [-0.2, 0) is 16.6 Å². The van der Waals surface area contributed by atoms with Gasteiger partial charge in [-0.3, -0.25) is 4.99 Å². The van der Waals surface area contributed by atoms with Crippen molar-refractivity contribution in [2.45, 2.75) is 6.54 Å². The number of hydrogen-bond donors (Lipinski definition) is 3. The van der Waals surface area contributed by atoms with Crippen LogP contribution in [0.2, 0.25) is 0 Å². The summed E-state index contributed by atoms with van der Waals surface area (Å²) in [4.78, 5) is 4.04. The van der Waals surface area contributed by atoms with E-state index in [0.717, 1.165) is 5.56 Å². The van der Waals surface area contributed by atoms with E-state index >= 15 is 0 Å². The lowest BCUT2D eigenvalue weighted by atomic mass is 10.2. The summed E-state index contributed by atoms with van der Waals surface area (Å²) in [6.45, 7) is 0.317. The number of nitrogens with two attached hydrogens (primary N) is 1. The zero-order valence-electron chi connectivity index (χ0n) is 14.4. The van der Waals surface area contributed by atoms with E-state index in [0.29, 0.717) is 11.4 Å². The van der Waals surface area contributed by atoms with Crippen LogP contribution in [0.5, 0.6) is 5.75 Å². The Balaban J connectivity index is 0.00000338. The Kier molecular flexibility index (Phi) is 9.38. The number of benzene rings is 2. The first-order valence-corrected chi connectivity index (χ1v) is 9.36. The van der Waals surface area contributed by atoms with Crippen molar-refractivity contribution in [2.24, 2.45) is 10.7 Å². The molecule has 0 saturated carbocycles. The highest BCUT2D eigenvalue weighted by molar-refractivity contribution is 14.0. The van der Waals surface area contributed by atoms with Gasteiger partial charge in [0.05, 0.1) is 19.4 Å². The standard InChI is InChI=1S/C17H22N4O3S.HI/c1-24-16-9-5-8-15(12-16)21-17(18)19-10-11-25(22,23)20-13-14-6-3-2-4-7-14;/h2-9,12,20H,10-11,13H2,1H3,(H3,18,19,21);1H. The quantitative estimate of drug-likeness (QED) is 0.299. The molecule has 0 spiro atoms. The molecule has 2 aromatic rings. The minimum absolute atomic E-state index is 0. The molecule has 26 heavy (non-hydrogen) atoms. The van der Waals surface area contributed by atoms with Gasteiger partial charge in [0.25, 0.3) is 0 Å². The third-order valence-corrected chi connectivity index (χ3v) is 4.63. The number of anilines is 1. The summed E-state index contributed by atoms with van der Waals surface area (Å²) in [5.41, 5.74) is 7.39. The lowest BCUT2D eigenvalue weighted by Crippen LogP contribution is -2.28. The normalized spacial score (nSPS) is 11.5. The van der Waals surface area contributed by atoms with Gasteiger partial charge < -0.3 is 15.8 Å². The van der Waals surface area contributed by atoms with Crippen molar-refractivity contribution in [1.82, 2.24) is 4.72 Å². The number of aliphatic imine (C=N–C) groups is 1. The second-order valence-corrected chi connectivity index (χ2v) is 7.18. The first-order chi connectivity index (χ1) is 12.0. The van der Waals surface area contributed by atoms with Crippen LogP contribution in [0.1, 0.15) is 5.56 Å². The van der Waals surface area contributed by atoms with Crippen LogP contribution in [0, 0.1) is 0 Å². The molecule has 9 heteroatoms. The van der Waals surface area contributed by atoms with Gasteiger partial charge >= 0.3 is 0 Å². The van der Waals surface area contributed by atoms with Crippen LogP contribution >= 0.6 is 24.0 Å². The zero-order chi connectivity index (χ0) is 18.1. The molecule has 0 saturated heterocycles. The first kappa shape index (κ1) is 22.2. The number of methoxy groups -OCH3 is 1. The van der Waals surface area contributed by atoms with Gasteiger partial charge in [-0.15, -0.1) is 24.0 Å². The molecule has 0 aromatic heterocycles. The number of sulfonamides is 1. The van der Waals surface area contributed by atoms with Gasteiger partial charge in [-0.25, -0.2) is 13.1 Å². The molecule has 4 N–H and O–H groups in total. The van der Waals surface area contributed by atoms with Gasteiger partial charge in [0.1, 0.15) is 5.75 Å². The van der Waals surface area contributed by atoms with Crippen LogP contribution in [0.4, 0.5) is 5.69 Å². The maximum Gasteiger partial charge on any atom is 0.213 e. The Bertz CT molecular complexity index is 814. The lowest BCUT2D eigenvalue weighted by Gasteiger charge is -2.08. The van der Waals surface area contributed by atoms with Crippen molar-refractivity contribution >= 4 is 45.6 Å². The molecule has 2 aromatic carbocycles. The van der Waals surface area contributed by atoms with Gasteiger partial charge in [-0.1, -0.05) is 36.4 Å². The fourth-order valence-corrected chi connectivity index (χ4v) is 2.90. The molecule has 0 fully saturated rings. The fourth-order valence-electron chi connectivity index (χ4n) is 2.04. The van der Waals surface area contributed by atoms with Gasteiger partial charge in [-0.05, 0) is 17.7 Å². The van der Waals surface area contributed by atoms with Crippen LogP contribution in [-0.4, -0.2) is 33.8 Å². The number of rotatable bonds is 8. The third kappa shape index (κ3) is 8.02. The number of hydrogen-bond acceptors (Lipinski definition) is 4. The molecule has 0 aliphatic carbocycles. The smallest absolute Gasteiger partial charge is 0.213 e. The van der Waals surface area contributed by atoms with Gasteiger partial charge in [0, 0.05) is 18.3 Å². The number of nitrogens with zero attached hydrogens (tertiary/aromatic N) is 1. The van der Waals surface area contributed by atoms with E-state index in [1.54, 1.807) is 13.2 Å². The summed E-state index contributed by atoms with van der Waals surface area (Å²) in [6, 6.07) is 16.5. The summed E-state index contributed by atoms with van der Waals surface area (Å²) < 4.78 is 31.6. The molecule has 0 amide bonds. The molecule has 0 unspecified atom stereocenters. The molecule has 0 atom stereocenters. The number of guanidine groups is 1. The second-order valence-electron chi connectivity index (χ2n) is 5.25. The SMILES string of the molecule is COc1cccc(NC(N)=NCCS(=O)(=O)NCc2ccccc2)c1.I. The topological polar surface area (TPSA) is 106 Å². The van der Waals surface area contributed by atoms with Crippen molar-refractivity contribution in [3.8, 4) is 5.75 Å². The number of nitrogens with one attached hydrogen (secondary N) is 2. The third-order valence-electron chi connectivity index (χ3n) is 3.32. The maximum absolute atomic E-state index is 12.0. The van der Waals surface area contributed by atoms with Crippen molar-refractivity contribution in [3.63, 3.8) is 0 Å². The number of halogens is 1. The van der Waals surface area contributed by atoms with Crippen molar-refractivity contribution in [2.75, 3.05) is 24.7 Å². The van der Waals surface area contributed by atoms with Crippen LogP contribution in [0.15, 0.2) is 59.6 Å². The lowest BCUT2D eigenvalue weighted by molar-refractivity contribution is 0.415. The van der Waals surface area contributed by atoms with Crippen LogP contribution < -0.4 is 20.5 Å². The van der Waals surface area contributed by atoms with E-state index in [-0.39, 0.29) is 48.8 Å². The molecule has 0 radical (unpaired) electrons. The number of ether oxygens (including phenoxy) is 1. The van der Waals surface area contributed by atoms with Crippen LogP contribution in [0.3, 0.4) is 0 Å². The van der Waals surface area contributed by atoms with Crippen molar-refractivity contribution in [1.29, 1.82) is 0 Å². The molecule has 7 nitrogen and oxygen atoms in total. The molecule has 0 heterocycles. The highest BCUT2D eigenvalue weighted by Crippen LogP contribution is 2.16. The van der Waals surface area contributed by atoms with Gasteiger partial charge in [0.2, 0.25) is 10.0 Å². The Hall–Kier alpha value is -1.85. The van der Waals surface area contributed by atoms with E-state index < -0.39 is 10.0 Å². The van der Waals surface area contributed by atoms with Gasteiger partial charge in [-0.2, -0.15) is 0 Å². The molecule has 142 valence electrons. The molecular formula is C17H23IN4O3S. The maximum atomic E-state index is 12.0. The Morgan fingerprint density at radius 1 is 1.15 bits per heavy atom. The summed E-state index contributed by atoms with van der Waals surface area (Å²) in [5.74, 6) is 0.692. The van der Waals surface area contributed by atoms with E-state index in [9.17, 15) is 8.42 Å². The average molecular weight is 490 g/mol. The minimum Gasteiger partial charge on any atom is -0.497 e. The minimum atomic E-state index is -3.42. The predicted molar refractivity (Wildman–Crippen MR) is 116 cm³/mol. The summed E-state index contributed by atoms with van der Waals surface area (Å²) >= 11 is 0. The second kappa shape index (κ2) is 11.0. The monoisotopic (exact) mass is 490 g/mol. The molecule has 0 bridgehead atoms. The Labute approximate surface area is 171 Å².